The third kappa shape index (κ3) is 1.33. The average molecular weight is 177 g/mol. The van der Waals surface area contributed by atoms with Crippen LogP contribution in [0.5, 0.6) is 11.5 Å². The topological polar surface area (TPSA) is 61.6 Å². The third-order valence-corrected chi connectivity index (χ3v) is 1.60. The lowest BCUT2D eigenvalue weighted by atomic mass is 10.3. The summed E-state index contributed by atoms with van der Waals surface area (Å²) in [6.45, 7) is 0. The summed E-state index contributed by atoms with van der Waals surface area (Å²) in [5.74, 6) is 0.444. The molecule has 0 bridgehead atoms. The lowest BCUT2D eigenvalue weighted by Gasteiger charge is -2.15. The van der Waals surface area contributed by atoms with Crippen molar-refractivity contribution in [2.75, 3.05) is 0 Å². The van der Waals surface area contributed by atoms with Crippen molar-refractivity contribution in [3.63, 3.8) is 0 Å². The summed E-state index contributed by atoms with van der Waals surface area (Å²) in [6.07, 6.45) is 1.20. The van der Waals surface area contributed by atoms with Crippen LogP contribution >= 0.6 is 0 Å². The number of rotatable bonds is 1. The Morgan fingerprint density at radius 3 is 2.62 bits per heavy atom. The number of hydrogen-bond acceptors (Lipinski definition) is 3. The fraction of sp³-hybridized carbons (Fsp3) is 0. The van der Waals surface area contributed by atoms with Crippen LogP contribution in [0.1, 0.15) is 0 Å². The normalized spacial score (nSPS) is 13.4. The zero-order valence-corrected chi connectivity index (χ0v) is 6.69. The number of fused-ring (bicyclic) bond motifs is 1. The molecule has 2 N–H and O–H groups in total. The Kier molecular flexibility index (Phi) is 1.66. The Bertz CT molecular complexity index is 384. The van der Waals surface area contributed by atoms with Crippen LogP contribution in [-0.2, 0) is 4.79 Å². The van der Waals surface area contributed by atoms with E-state index in [0.717, 1.165) is 0 Å². The summed E-state index contributed by atoms with van der Waals surface area (Å²) in [6, 6.07) is 7.03. The highest BCUT2D eigenvalue weighted by Crippen LogP contribution is 2.31. The van der Waals surface area contributed by atoms with E-state index in [2.05, 4.69) is 0 Å². The molecule has 0 saturated heterocycles. The van der Waals surface area contributed by atoms with Gasteiger partial charge in [-0.1, -0.05) is 12.1 Å². The maximum atomic E-state index is 10.7. The van der Waals surface area contributed by atoms with Gasteiger partial charge < -0.3 is 15.2 Å². The summed E-state index contributed by atoms with van der Waals surface area (Å²) in [5.41, 5.74) is 5.01. The first-order valence-electron chi connectivity index (χ1n) is 3.71. The van der Waals surface area contributed by atoms with Crippen molar-refractivity contribution >= 4 is 5.91 Å². The number of nitrogens with two attached hydrogens (primary N) is 1. The number of amides is 1. The SMILES string of the molecule is NC(=O)C1=COc2ccccc2O1. The molecule has 0 radical (unpaired) electrons. The number of carbonyl (C=O) groups is 1. The number of benzene rings is 1. The molecule has 13 heavy (non-hydrogen) atoms. The van der Waals surface area contributed by atoms with E-state index in [-0.39, 0.29) is 5.76 Å². The fourth-order valence-corrected chi connectivity index (χ4v) is 1.000. The van der Waals surface area contributed by atoms with E-state index in [0.29, 0.717) is 11.5 Å². The van der Waals surface area contributed by atoms with Crippen molar-refractivity contribution in [3.8, 4) is 11.5 Å². The molecule has 0 fully saturated rings. The van der Waals surface area contributed by atoms with Crippen molar-refractivity contribution in [1.29, 1.82) is 0 Å². The molecule has 1 aliphatic rings. The second-order valence-electron chi connectivity index (χ2n) is 2.51. The molecule has 4 nitrogen and oxygen atoms in total. The van der Waals surface area contributed by atoms with Gasteiger partial charge in [0.1, 0.15) is 6.26 Å². The Hall–Kier alpha value is -1.97. The highest BCUT2D eigenvalue weighted by Gasteiger charge is 2.16. The highest BCUT2D eigenvalue weighted by atomic mass is 16.6. The summed E-state index contributed by atoms with van der Waals surface area (Å²) in [4.78, 5) is 10.7. The summed E-state index contributed by atoms with van der Waals surface area (Å²) < 4.78 is 10.3. The van der Waals surface area contributed by atoms with E-state index in [1.807, 2.05) is 6.07 Å². The van der Waals surface area contributed by atoms with Gasteiger partial charge in [-0.3, -0.25) is 4.79 Å². The molecule has 0 aromatic heterocycles. The van der Waals surface area contributed by atoms with E-state index >= 15 is 0 Å². The van der Waals surface area contributed by atoms with E-state index in [9.17, 15) is 4.79 Å². The minimum absolute atomic E-state index is 0.0127. The van der Waals surface area contributed by atoms with Crippen LogP contribution in [0.15, 0.2) is 36.3 Å². The van der Waals surface area contributed by atoms with Crippen molar-refractivity contribution in [3.05, 3.63) is 36.3 Å². The van der Waals surface area contributed by atoms with Crippen LogP contribution in [-0.4, -0.2) is 5.91 Å². The molecule has 2 rings (SSSR count). The first kappa shape index (κ1) is 7.67. The average Bonchev–Trinajstić information content (AvgIpc) is 2.17. The summed E-state index contributed by atoms with van der Waals surface area (Å²) in [5, 5.41) is 0. The second-order valence-corrected chi connectivity index (χ2v) is 2.51. The molecule has 0 spiro atoms. The Morgan fingerprint density at radius 1 is 1.23 bits per heavy atom. The lowest BCUT2D eigenvalue weighted by Crippen LogP contribution is -2.21. The van der Waals surface area contributed by atoms with Crippen LogP contribution in [0.3, 0.4) is 0 Å². The second kappa shape index (κ2) is 2.82. The molecular formula is C9H7NO3. The number of primary amides is 1. The van der Waals surface area contributed by atoms with E-state index in [4.69, 9.17) is 15.2 Å². The van der Waals surface area contributed by atoms with Gasteiger partial charge in [-0.05, 0) is 12.1 Å². The first-order valence-corrected chi connectivity index (χ1v) is 3.71. The molecule has 1 aromatic rings. The largest absolute Gasteiger partial charge is 0.457 e. The lowest BCUT2D eigenvalue weighted by molar-refractivity contribution is -0.116. The monoisotopic (exact) mass is 177 g/mol. The van der Waals surface area contributed by atoms with Gasteiger partial charge in [-0.15, -0.1) is 0 Å². The maximum absolute atomic E-state index is 10.7. The first-order chi connectivity index (χ1) is 6.27. The zero-order chi connectivity index (χ0) is 9.26. The van der Waals surface area contributed by atoms with Gasteiger partial charge in [-0.25, -0.2) is 0 Å². The van der Waals surface area contributed by atoms with Gasteiger partial charge in [0, 0.05) is 0 Å². The minimum atomic E-state index is -0.644. The molecule has 0 aliphatic carbocycles. The van der Waals surface area contributed by atoms with E-state index < -0.39 is 5.91 Å². The minimum Gasteiger partial charge on any atom is -0.457 e. The quantitative estimate of drug-likeness (QED) is 0.689. The third-order valence-electron chi connectivity index (χ3n) is 1.60. The number of para-hydroxylation sites is 2. The van der Waals surface area contributed by atoms with E-state index in [1.54, 1.807) is 18.2 Å². The highest BCUT2D eigenvalue weighted by molar-refractivity contribution is 5.90. The number of carbonyl (C=O) groups excluding carboxylic acids is 1. The number of hydrogen-bond donors (Lipinski definition) is 1. The molecular weight excluding hydrogens is 170 g/mol. The van der Waals surface area contributed by atoms with Gasteiger partial charge in [0.05, 0.1) is 0 Å². The summed E-state index contributed by atoms with van der Waals surface area (Å²) >= 11 is 0. The van der Waals surface area contributed by atoms with Crippen molar-refractivity contribution < 1.29 is 14.3 Å². The molecule has 1 amide bonds. The molecule has 1 heterocycles. The van der Waals surface area contributed by atoms with Crippen LogP contribution in [0.25, 0.3) is 0 Å². The predicted octanol–water partition coefficient (Wildman–Crippen LogP) is 0.785. The standard InChI is InChI=1S/C9H7NO3/c10-9(11)8-5-12-6-3-1-2-4-7(6)13-8/h1-5H,(H2,10,11). The van der Waals surface area contributed by atoms with Crippen molar-refractivity contribution in [1.82, 2.24) is 0 Å². The molecule has 0 unspecified atom stereocenters. The van der Waals surface area contributed by atoms with E-state index in [1.165, 1.54) is 6.26 Å². The van der Waals surface area contributed by atoms with Gasteiger partial charge in [0.2, 0.25) is 5.76 Å². The van der Waals surface area contributed by atoms with Gasteiger partial charge in [0.15, 0.2) is 11.5 Å². The molecule has 0 saturated carbocycles. The summed E-state index contributed by atoms with van der Waals surface area (Å²) in [7, 11) is 0. The van der Waals surface area contributed by atoms with Crippen molar-refractivity contribution in [2.24, 2.45) is 5.73 Å². The Labute approximate surface area is 74.6 Å². The van der Waals surface area contributed by atoms with Crippen molar-refractivity contribution in [2.45, 2.75) is 0 Å². The Morgan fingerprint density at radius 2 is 1.92 bits per heavy atom. The van der Waals surface area contributed by atoms with Crippen LogP contribution < -0.4 is 15.2 Å². The smallest absolute Gasteiger partial charge is 0.287 e. The number of ether oxygens (including phenoxy) is 2. The maximum Gasteiger partial charge on any atom is 0.287 e. The van der Waals surface area contributed by atoms with Gasteiger partial charge in [0.25, 0.3) is 5.91 Å². The zero-order valence-electron chi connectivity index (χ0n) is 6.69. The van der Waals surface area contributed by atoms with Crippen LogP contribution in [0, 0.1) is 0 Å². The Balaban J connectivity index is 2.33. The molecule has 66 valence electrons. The predicted molar refractivity (Wildman–Crippen MR) is 45.0 cm³/mol. The molecule has 4 heteroatoms. The van der Waals surface area contributed by atoms with Gasteiger partial charge in [-0.2, -0.15) is 0 Å². The molecule has 1 aromatic carbocycles. The molecule has 1 aliphatic heterocycles. The van der Waals surface area contributed by atoms with Crippen LogP contribution in [0.4, 0.5) is 0 Å². The van der Waals surface area contributed by atoms with Crippen LogP contribution in [0.2, 0.25) is 0 Å². The molecule has 0 atom stereocenters. The fourth-order valence-electron chi connectivity index (χ4n) is 1.000. The van der Waals surface area contributed by atoms with Gasteiger partial charge >= 0.3 is 0 Å².